The van der Waals surface area contributed by atoms with Crippen LogP contribution in [-0.4, -0.2) is 23.0 Å². The van der Waals surface area contributed by atoms with Gasteiger partial charge >= 0.3 is 5.97 Å². The number of methoxy groups -OCH3 is 1. The van der Waals surface area contributed by atoms with Crippen LogP contribution in [0.5, 0.6) is 0 Å². The van der Waals surface area contributed by atoms with Crippen molar-refractivity contribution in [3.05, 3.63) is 46.3 Å². The van der Waals surface area contributed by atoms with Gasteiger partial charge in [0.25, 0.3) is 5.69 Å². The summed E-state index contributed by atoms with van der Waals surface area (Å²) < 4.78 is 4.52. The van der Waals surface area contributed by atoms with Crippen LogP contribution >= 0.6 is 0 Å². The SMILES string of the molecule is COC(=O)c1ccc2cnccc2c1[N+](=O)[O-]. The molecule has 1 heterocycles. The van der Waals surface area contributed by atoms with Crippen LogP contribution in [0.2, 0.25) is 0 Å². The monoisotopic (exact) mass is 232 g/mol. The largest absolute Gasteiger partial charge is 0.465 e. The maximum atomic E-state index is 11.4. The van der Waals surface area contributed by atoms with E-state index in [1.54, 1.807) is 6.07 Å². The second kappa shape index (κ2) is 4.17. The summed E-state index contributed by atoms with van der Waals surface area (Å²) in [5.41, 5.74) is -0.312. The first-order chi connectivity index (χ1) is 8.15. The first-order valence-electron chi connectivity index (χ1n) is 4.74. The topological polar surface area (TPSA) is 82.3 Å². The molecule has 0 fully saturated rings. The third kappa shape index (κ3) is 1.80. The van der Waals surface area contributed by atoms with Crippen LogP contribution < -0.4 is 0 Å². The van der Waals surface area contributed by atoms with Gasteiger partial charge in [-0.1, -0.05) is 6.07 Å². The van der Waals surface area contributed by atoms with Gasteiger partial charge < -0.3 is 4.74 Å². The van der Waals surface area contributed by atoms with Crippen LogP contribution in [0.3, 0.4) is 0 Å². The summed E-state index contributed by atoms with van der Waals surface area (Å²) in [4.78, 5) is 25.8. The zero-order valence-corrected chi connectivity index (χ0v) is 8.91. The number of esters is 1. The summed E-state index contributed by atoms with van der Waals surface area (Å²) in [6.07, 6.45) is 2.94. The predicted octanol–water partition coefficient (Wildman–Crippen LogP) is 1.93. The standard InChI is InChI=1S/C11H8N2O4/c1-17-11(14)9-3-2-7-6-12-5-4-8(7)10(9)13(15)16/h2-6H,1H3. The minimum Gasteiger partial charge on any atom is -0.465 e. The summed E-state index contributed by atoms with van der Waals surface area (Å²) in [6, 6.07) is 4.47. The number of nitrogens with zero attached hydrogens (tertiary/aromatic N) is 2. The highest BCUT2D eigenvalue weighted by atomic mass is 16.6. The molecule has 0 aliphatic rings. The molecule has 1 aromatic carbocycles. The van der Waals surface area contributed by atoms with Crippen molar-refractivity contribution in [2.45, 2.75) is 0 Å². The second-order valence-corrected chi connectivity index (χ2v) is 3.31. The average Bonchev–Trinajstić information content (AvgIpc) is 2.36. The fourth-order valence-corrected chi connectivity index (χ4v) is 1.62. The zero-order chi connectivity index (χ0) is 12.4. The number of rotatable bonds is 2. The summed E-state index contributed by atoms with van der Waals surface area (Å²) in [5, 5.41) is 12.0. The Bertz CT molecular complexity index is 609. The molecule has 0 radical (unpaired) electrons. The van der Waals surface area contributed by atoms with Crippen molar-refractivity contribution in [2.75, 3.05) is 7.11 Å². The zero-order valence-electron chi connectivity index (χ0n) is 8.91. The highest BCUT2D eigenvalue weighted by Gasteiger charge is 2.23. The second-order valence-electron chi connectivity index (χ2n) is 3.31. The van der Waals surface area contributed by atoms with Crippen molar-refractivity contribution in [1.82, 2.24) is 4.98 Å². The molecule has 17 heavy (non-hydrogen) atoms. The molecule has 0 saturated carbocycles. The number of ether oxygens (including phenoxy) is 1. The molecule has 6 heteroatoms. The molecule has 86 valence electrons. The normalized spacial score (nSPS) is 10.2. The Morgan fingerprint density at radius 2 is 2.18 bits per heavy atom. The molecule has 0 bridgehead atoms. The number of aromatic nitrogens is 1. The summed E-state index contributed by atoms with van der Waals surface area (Å²) in [5.74, 6) is -0.726. The molecule has 0 spiro atoms. The van der Waals surface area contributed by atoms with E-state index in [0.717, 1.165) is 0 Å². The molecule has 0 unspecified atom stereocenters. The van der Waals surface area contributed by atoms with E-state index in [4.69, 9.17) is 0 Å². The Hall–Kier alpha value is -2.50. The van der Waals surface area contributed by atoms with Crippen LogP contribution in [0.4, 0.5) is 5.69 Å². The first-order valence-corrected chi connectivity index (χ1v) is 4.74. The van der Waals surface area contributed by atoms with Gasteiger partial charge in [0.05, 0.1) is 17.4 Å². The Morgan fingerprint density at radius 1 is 1.41 bits per heavy atom. The lowest BCUT2D eigenvalue weighted by Gasteiger charge is -2.04. The first kappa shape index (κ1) is 11.0. The highest BCUT2D eigenvalue weighted by molar-refractivity contribution is 6.03. The molecule has 0 saturated heterocycles. The van der Waals surface area contributed by atoms with E-state index in [2.05, 4.69) is 9.72 Å². The van der Waals surface area contributed by atoms with Gasteiger partial charge in [-0.15, -0.1) is 0 Å². The minimum atomic E-state index is -0.726. The third-order valence-electron chi connectivity index (χ3n) is 2.38. The van der Waals surface area contributed by atoms with Gasteiger partial charge in [-0.25, -0.2) is 4.79 Å². The molecule has 0 aliphatic carbocycles. The van der Waals surface area contributed by atoms with E-state index < -0.39 is 10.9 Å². The van der Waals surface area contributed by atoms with Crippen LogP contribution in [0.25, 0.3) is 10.8 Å². The smallest absolute Gasteiger partial charge is 0.344 e. The number of nitro groups is 1. The number of nitro benzene ring substituents is 1. The summed E-state index contributed by atoms with van der Waals surface area (Å²) in [7, 11) is 1.18. The summed E-state index contributed by atoms with van der Waals surface area (Å²) >= 11 is 0. The van der Waals surface area contributed by atoms with Gasteiger partial charge in [0, 0.05) is 17.8 Å². The van der Waals surface area contributed by atoms with E-state index >= 15 is 0 Å². The average molecular weight is 232 g/mol. The molecule has 1 aromatic heterocycles. The fraction of sp³-hybridized carbons (Fsp3) is 0.0909. The van der Waals surface area contributed by atoms with E-state index in [9.17, 15) is 14.9 Å². The number of hydrogen-bond acceptors (Lipinski definition) is 5. The highest BCUT2D eigenvalue weighted by Crippen LogP contribution is 2.29. The lowest BCUT2D eigenvalue weighted by molar-refractivity contribution is -0.383. The van der Waals surface area contributed by atoms with Gasteiger partial charge in [-0.05, 0) is 12.1 Å². The van der Waals surface area contributed by atoms with Crippen molar-refractivity contribution < 1.29 is 14.5 Å². The Labute approximate surface area is 96.0 Å². The molecule has 0 aliphatic heterocycles. The molecule has 0 atom stereocenters. The van der Waals surface area contributed by atoms with E-state index in [1.807, 2.05) is 0 Å². The van der Waals surface area contributed by atoms with Crippen molar-refractivity contribution in [3.8, 4) is 0 Å². The van der Waals surface area contributed by atoms with Crippen molar-refractivity contribution in [3.63, 3.8) is 0 Å². The minimum absolute atomic E-state index is 0.0591. The maximum absolute atomic E-state index is 11.4. The third-order valence-corrected chi connectivity index (χ3v) is 2.38. The number of benzene rings is 1. The van der Waals surface area contributed by atoms with Crippen LogP contribution in [0, 0.1) is 10.1 Å². The number of carbonyl (C=O) groups excluding carboxylic acids is 1. The predicted molar refractivity (Wildman–Crippen MR) is 59.7 cm³/mol. The van der Waals surface area contributed by atoms with Gasteiger partial charge in [0.1, 0.15) is 5.56 Å². The molecular weight excluding hydrogens is 224 g/mol. The Kier molecular flexibility index (Phi) is 2.70. The van der Waals surface area contributed by atoms with E-state index in [0.29, 0.717) is 10.8 Å². The van der Waals surface area contributed by atoms with Gasteiger partial charge in [-0.3, -0.25) is 15.1 Å². The number of carbonyl (C=O) groups is 1. The maximum Gasteiger partial charge on any atom is 0.344 e. The van der Waals surface area contributed by atoms with Gasteiger partial charge in [0.15, 0.2) is 0 Å². The Morgan fingerprint density at radius 3 is 2.82 bits per heavy atom. The number of fused-ring (bicyclic) bond motifs is 1. The molecule has 2 aromatic rings. The molecule has 0 N–H and O–H groups in total. The number of pyridine rings is 1. The van der Waals surface area contributed by atoms with E-state index in [1.165, 1.54) is 31.6 Å². The van der Waals surface area contributed by atoms with Crippen LogP contribution in [-0.2, 0) is 4.74 Å². The fourth-order valence-electron chi connectivity index (χ4n) is 1.62. The van der Waals surface area contributed by atoms with Crippen molar-refractivity contribution in [2.24, 2.45) is 0 Å². The lowest BCUT2D eigenvalue weighted by Crippen LogP contribution is -2.06. The summed E-state index contributed by atoms with van der Waals surface area (Å²) in [6.45, 7) is 0. The quantitative estimate of drug-likeness (QED) is 0.448. The molecule has 0 amide bonds. The van der Waals surface area contributed by atoms with Gasteiger partial charge in [0.2, 0.25) is 0 Å². The number of hydrogen-bond donors (Lipinski definition) is 0. The molecule has 6 nitrogen and oxygen atoms in total. The molecule has 2 rings (SSSR count). The van der Waals surface area contributed by atoms with Crippen molar-refractivity contribution >= 4 is 22.4 Å². The van der Waals surface area contributed by atoms with Crippen LogP contribution in [0.1, 0.15) is 10.4 Å². The lowest BCUT2D eigenvalue weighted by atomic mass is 10.1. The van der Waals surface area contributed by atoms with Crippen molar-refractivity contribution in [1.29, 1.82) is 0 Å². The van der Waals surface area contributed by atoms with Gasteiger partial charge in [-0.2, -0.15) is 0 Å². The van der Waals surface area contributed by atoms with Crippen LogP contribution in [0.15, 0.2) is 30.6 Å². The molecular formula is C11H8N2O4. The van der Waals surface area contributed by atoms with E-state index in [-0.39, 0.29) is 11.3 Å². The Balaban J connectivity index is 2.82.